The van der Waals surface area contributed by atoms with Gasteiger partial charge in [-0.05, 0) is 52.4 Å². The average Bonchev–Trinajstić information content (AvgIpc) is 2.06. The molecule has 0 unspecified atom stereocenters. The number of allylic oxidation sites excluding steroid dienone is 1. The van der Waals surface area contributed by atoms with Crippen molar-refractivity contribution < 1.29 is 0 Å². The van der Waals surface area contributed by atoms with Gasteiger partial charge in [0.1, 0.15) is 0 Å². The van der Waals surface area contributed by atoms with Gasteiger partial charge in [0, 0.05) is 0 Å². The molecule has 0 bridgehead atoms. The Morgan fingerprint density at radius 2 is 1.92 bits per heavy atom. The molecule has 2 N–H and O–H groups in total. The molecular weight excluding hydrogens is 148 g/mol. The molecule has 0 amide bonds. The minimum absolute atomic E-state index is 0.820. The van der Waals surface area contributed by atoms with Crippen molar-refractivity contribution in [3.8, 4) is 0 Å². The molecule has 0 saturated heterocycles. The minimum atomic E-state index is 0.820. The molecule has 0 saturated carbocycles. The third kappa shape index (κ3) is 7.76. The van der Waals surface area contributed by atoms with E-state index in [1.165, 1.54) is 25.9 Å². The van der Waals surface area contributed by atoms with E-state index in [9.17, 15) is 0 Å². The first-order valence-electron chi connectivity index (χ1n) is 4.80. The Morgan fingerprint density at radius 3 is 2.50 bits per heavy atom. The van der Waals surface area contributed by atoms with Gasteiger partial charge in [-0.15, -0.1) is 6.58 Å². The largest absolute Gasteiger partial charge is 0.330 e. The van der Waals surface area contributed by atoms with Crippen molar-refractivity contribution in [2.75, 3.05) is 26.7 Å². The molecule has 0 radical (unpaired) electrons. The van der Waals surface area contributed by atoms with Crippen LogP contribution in [0, 0.1) is 0 Å². The summed E-state index contributed by atoms with van der Waals surface area (Å²) in [6, 6.07) is 0. The average molecular weight is 170 g/mol. The van der Waals surface area contributed by atoms with Crippen LogP contribution in [-0.2, 0) is 0 Å². The molecule has 12 heavy (non-hydrogen) atoms. The van der Waals surface area contributed by atoms with E-state index >= 15 is 0 Å². The Balaban J connectivity index is 3.09. The van der Waals surface area contributed by atoms with Crippen LogP contribution in [0.5, 0.6) is 0 Å². The summed E-state index contributed by atoms with van der Waals surface area (Å²) < 4.78 is 0. The number of unbranched alkanes of at least 4 members (excludes halogenated alkanes) is 2. The Labute approximate surface area is 76.4 Å². The fourth-order valence-electron chi connectivity index (χ4n) is 1.14. The predicted octanol–water partition coefficient (Wildman–Crippen LogP) is 1.62. The van der Waals surface area contributed by atoms with Crippen molar-refractivity contribution in [2.24, 2.45) is 5.73 Å². The molecule has 0 atom stereocenters. The van der Waals surface area contributed by atoms with Gasteiger partial charge in [-0.1, -0.05) is 6.08 Å². The summed E-state index contributed by atoms with van der Waals surface area (Å²) in [4.78, 5) is 2.36. The highest BCUT2D eigenvalue weighted by molar-refractivity contribution is 4.66. The monoisotopic (exact) mass is 170 g/mol. The molecular formula is C10H22N2. The summed E-state index contributed by atoms with van der Waals surface area (Å²) >= 11 is 0. The highest BCUT2D eigenvalue weighted by Gasteiger charge is 1.95. The zero-order valence-electron chi connectivity index (χ0n) is 8.26. The highest BCUT2D eigenvalue weighted by Crippen LogP contribution is 1.95. The molecule has 0 aliphatic heterocycles. The number of rotatable bonds is 8. The maximum Gasteiger partial charge on any atom is -0.00188 e. The van der Waals surface area contributed by atoms with Crippen LogP contribution in [0.15, 0.2) is 12.7 Å². The van der Waals surface area contributed by atoms with Crippen LogP contribution in [0.25, 0.3) is 0 Å². The summed E-state index contributed by atoms with van der Waals surface area (Å²) in [6.07, 6.45) is 6.70. The first kappa shape index (κ1) is 11.7. The van der Waals surface area contributed by atoms with Crippen LogP contribution in [0.4, 0.5) is 0 Å². The van der Waals surface area contributed by atoms with Crippen LogP contribution < -0.4 is 5.73 Å². The lowest BCUT2D eigenvalue weighted by Gasteiger charge is -2.15. The van der Waals surface area contributed by atoms with Gasteiger partial charge in [0.15, 0.2) is 0 Å². The molecule has 0 fully saturated rings. The summed E-state index contributed by atoms with van der Waals surface area (Å²) in [6.45, 7) is 6.87. The second-order valence-corrected chi connectivity index (χ2v) is 3.23. The molecule has 0 aromatic heterocycles. The maximum atomic E-state index is 5.40. The lowest BCUT2D eigenvalue weighted by Crippen LogP contribution is -2.21. The Bertz CT molecular complexity index is 102. The molecule has 72 valence electrons. The minimum Gasteiger partial charge on any atom is -0.330 e. The second kappa shape index (κ2) is 8.75. The summed E-state index contributed by atoms with van der Waals surface area (Å²) in [5.41, 5.74) is 5.40. The third-order valence-corrected chi connectivity index (χ3v) is 1.94. The van der Waals surface area contributed by atoms with E-state index in [4.69, 9.17) is 5.73 Å². The fourth-order valence-corrected chi connectivity index (χ4v) is 1.14. The first-order chi connectivity index (χ1) is 5.81. The predicted molar refractivity (Wildman–Crippen MR) is 55.2 cm³/mol. The lowest BCUT2D eigenvalue weighted by molar-refractivity contribution is 0.323. The van der Waals surface area contributed by atoms with Crippen LogP contribution >= 0.6 is 0 Å². The summed E-state index contributed by atoms with van der Waals surface area (Å²) in [5.74, 6) is 0. The smallest absolute Gasteiger partial charge is 0.00188 e. The van der Waals surface area contributed by atoms with Gasteiger partial charge in [0.2, 0.25) is 0 Å². The highest BCUT2D eigenvalue weighted by atomic mass is 15.1. The van der Waals surface area contributed by atoms with Crippen molar-refractivity contribution in [3.63, 3.8) is 0 Å². The molecule has 0 rings (SSSR count). The molecule has 0 aliphatic carbocycles. The second-order valence-electron chi connectivity index (χ2n) is 3.23. The van der Waals surface area contributed by atoms with Crippen molar-refractivity contribution in [3.05, 3.63) is 12.7 Å². The standard InChI is InChI=1S/C10H22N2/c1-3-4-6-9-12(2)10-7-5-8-11/h3H,1,4-11H2,2H3. The number of hydrogen-bond acceptors (Lipinski definition) is 2. The SMILES string of the molecule is C=CCCCN(C)CCCCN. The van der Waals surface area contributed by atoms with E-state index in [1.54, 1.807) is 0 Å². The molecule has 0 spiro atoms. The number of nitrogens with two attached hydrogens (primary N) is 1. The number of hydrogen-bond donors (Lipinski definition) is 1. The Morgan fingerprint density at radius 1 is 1.25 bits per heavy atom. The van der Waals surface area contributed by atoms with Crippen molar-refractivity contribution in [1.82, 2.24) is 4.90 Å². The number of nitrogens with zero attached hydrogens (tertiary/aromatic N) is 1. The zero-order chi connectivity index (χ0) is 9.23. The van der Waals surface area contributed by atoms with Gasteiger partial charge >= 0.3 is 0 Å². The van der Waals surface area contributed by atoms with Gasteiger partial charge < -0.3 is 10.6 Å². The molecule has 2 nitrogen and oxygen atoms in total. The van der Waals surface area contributed by atoms with E-state index in [2.05, 4.69) is 18.5 Å². The van der Waals surface area contributed by atoms with Gasteiger partial charge in [0.25, 0.3) is 0 Å². The lowest BCUT2D eigenvalue weighted by atomic mass is 10.2. The van der Waals surface area contributed by atoms with Crippen LogP contribution in [-0.4, -0.2) is 31.6 Å². The molecule has 0 heterocycles. The quantitative estimate of drug-likeness (QED) is 0.443. The fraction of sp³-hybridized carbons (Fsp3) is 0.800. The van der Waals surface area contributed by atoms with E-state index in [-0.39, 0.29) is 0 Å². The molecule has 0 aromatic carbocycles. The summed E-state index contributed by atoms with van der Waals surface area (Å²) in [7, 11) is 2.17. The van der Waals surface area contributed by atoms with Gasteiger partial charge in [0.05, 0.1) is 0 Å². The molecule has 0 aromatic rings. The van der Waals surface area contributed by atoms with Crippen LogP contribution in [0.1, 0.15) is 25.7 Å². The van der Waals surface area contributed by atoms with E-state index in [0.29, 0.717) is 0 Å². The Hall–Kier alpha value is -0.340. The molecule has 0 aliphatic rings. The topological polar surface area (TPSA) is 29.3 Å². The van der Waals surface area contributed by atoms with E-state index in [0.717, 1.165) is 19.4 Å². The van der Waals surface area contributed by atoms with Crippen LogP contribution in [0.3, 0.4) is 0 Å². The van der Waals surface area contributed by atoms with Gasteiger partial charge in [-0.3, -0.25) is 0 Å². The van der Waals surface area contributed by atoms with Gasteiger partial charge in [-0.25, -0.2) is 0 Å². The van der Waals surface area contributed by atoms with Crippen molar-refractivity contribution in [1.29, 1.82) is 0 Å². The first-order valence-corrected chi connectivity index (χ1v) is 4.80. The third-order valence-electron chi connectivity index (χ3n) is 1.94. The van der Waals surface area contributed by atoms with Gasteiger partial charge in [-0.2, -0.15) is 0 Å². The Kier molecular flexibility index (Phi) is 8.51. The maximum absolute atomic E-state index is 5.40. The van der Waals surface area contributed by atoms with Crippen molar-refractivity contribution in [2.45, 2.75) is 25.7 Å². The van der Waals surface area contributed by atoms with Crippen molar-refractivity contribution >= 4 is 0 Å². The normalized spacial score (nSPS) is 10.6. The van der Waals surface area contributed by atoms with Crippen LogP contribution in [0.2, 0.25) is 0 Å². The van der Waals surface area contributed by atoms with E-state index in [1.807, 2.05) is 6.08 Å². The zero-order valence-corrected chi connectivity index (χ0v) is 8.26. The molecule has 2 heteroatoms. The summed E-state index contributed by atoms with van der Waals surface area (Å²) in [5, 5.41) is 0. The van der Waals surface area contributed by atoms with E-state index < -0.39 is 0 Å².